The van der Waals surface area contributed by atoms with Gasteiger partial charge in [-0.2, -0.15) is 0 Å². The van der Waals surface area contributed by atoms with Gasteiger partial charge in [-0.3, -0.25) is 9.59 Å². The Morgan fingerprint density at radius 1 is 1.22 bits per heavy atom. The number of carbonyl (C=O) groups is 3. The Balaban J connectivity index is 3.13. The van der Waals surface area contributed by atoms with Crippen LogP contribution in [0, 0.1) is 19.3 Å². The standard InChI is InChI=1S/C16H24N2O4S/c1-7-10(14(20)21)17-12(19)11-8(2)9(3)23-13(11)18-15(22)16(4,5)6/h10H,7H2,1-6H3,(H,17,19)(H,18,22)(H,20,21). The molecule has 23 heavy (non-hydrogen) atoms. The molecule has 1 atom stereocenters. The van der Waals surface area contributed by atoms with Gasteiger partial charge in [-0.05, 0) is 25.8 Å². The molecule has 0 saturated carbocycles. The molecule has 0 spiro atoms. The van der Waals surface area contributed by atoms with E-state index in [1.54, 1.807) is 34.6 Å². The number of rotatable bonds is 5. The van der Waals surface area contributed by atoms with Crippen LogP contribution in [0.5, 0.6) is 0 Å². The predicted molar refractivity (Wildman–Crippen MR) is 91.1 cm³/mol. The first kappa shape index (κ1) is 19.2. The van der Waals surface area contributed by atoms with Crippen molar-refractivity contribution < 1.29 is 19.5 Å². The van der Waals surface area contributed by atoms with Crippen molar-refractivity contribution in [1.82, 2.24) is 5.32 Å². The van der Waals surface area contributed by atoms with Crippen molar-refractivity contribution >= 4 is 34.1 Å². The lowest BCUT2D eigenvalue weighted by Crippen LogP contribution is -2.40. The molecular formula is C16H24N2O4S. The Morgan fingerprint density at radius 3 is 2.22 bits per heavy atom. The zero-order valence-electron chi connectivity index (χ0n) is 14.4. The van der Waals surface area contributed by atoms with Crippen molar-refractivity contribution in [2.75, 3.05) is 5.32 Å². The van der Waals surface area contributed by atoms with Gasteiger partial charge in [-0.1, -0.05) is 27.7 Å². The molecule has 1 rings (SSSR count). The maximum absolute atomic E-state index is 12.5. The molecule has 6 nitrogen and oxygen atoms in total. The third-order valence-corrected chi connectivity index (χ3v) is 4.65. The molecule has 0 saturated heterocycles. The Kier molecular flexibility index (Phi) is 5.93. The number of aliphatic carboxylic acids is 1. The predicted octanol–water partition coefficient (Wildman–Crippen LogP) is 2.94. The average molecular weight is 340 g/mol. The highest BCUT2D eigenvalue weighted by Gasteiger charge is 2.28. The fraction of sp³-hybridized carbons (Fsp3) is 0.562. The van der Waals surface area contributed by atoms with Gasteiger partial charge in [0, 0.05) is 10.3 Å². The molecule has 0 aliphatic carbocycles. The third-order valence-electron chi connectivity index (χ3n) is 3.53. The molecule has 2 amide bonds. The summed E-state index contributed by atoms with van der Waals surface area (Å²) >= 11 is 1.32. The summed E-state index contributed by atoms with van der Waals surface area (Å²) in [5.41, 5.74) is 0.494. The van der Waals surface area contributed by atoms with Gasteiger partial charge in [0.1, 0.15) is 11.0 Å². The second-order valence-corrected chi connectivity index (χ2v) is 7.69. The zero-order chi connectivity index (χ0) is 17.9. The van der Waals surface area contributed by atoms with Crippen molar-refractivity contribution in [3.63, 3.8) is 0 Å². The number of thiophene rings is 1. The second-order valence-electron chi connectivity index (χ2n) is 6.46. The minimum atomic E-state index is -1.08. The van der Waals surface area contributed by atoms with E-state index >= 15 is 0 Å². The number of hydrogen-bond acceptors (Lipinski definition) is 4. The zero-order valence-corrected chi connectivity index (χ0v) is 15.2. The lowest BCUT2D eigenvalue weighted by atomic mass is 9.96. The second kappa shape index (κ2) is 7.12. The molecule has 0 bridgehead atoms. The maximum atomic E-state index is 12.5. The van der Waals surface area contributed by atoms with Gasteiger partial charge in [0.15, 0.2) is 0 Å². The molecule has 1 unspecified atom stereocenters. The van der Waals surface area contributed by atoms with Crippen molar-refractivity contribution in [2.24, 2.45) is 5.41 Å². The van der Waals surface area contributed by atoms with E-state index in [-0.39, 0.29) is 12.3 Å². The van der Waals surface area contributed by atoms with Gasteiger partial charge in [0.2, 0.25) is 5.91 Å². The number of nitrogens with one attached hydrogen (secondary N) is 2. The van der Waals surface area contributed by atoms with E-state index in [9.17, 15) is 14.4 Å². The molecule has 3 N–H and O–H groups in total. The number of anilines is 1. The summed E-state index contributed by atoms with van der Waals surface area (Å²) in [5, 5.41) is 14.8. The van der Waals surface area contributed by atoms with Gasteiger partial charge in [0.25, 0.3) is 5.91 Å². The van der Waals surface area contributed by atoms with Gasteiger partial charge in [-0.15, -0.1) is 11.3 Å². The Bertz CT molecular complexity index is 629. The van der Waals surface area contributed by atoms with Crippen LogP contribution in [0.25, 0.3) is 0 Å². The minimum absolute atomic E-state index is 0.196. The fourth-order valence-electron chi connectivity index (χ4n) is 1.85. The molecule has 7 heteroatoms. The van der Waals surface area contributed by atoms with Crippen LogP contribution in [0.2, 0.25) is 0 Å². The summed E-state index contributed by atoms with van der Waals surface area (Å²) in [7, 11) is 0. The highest BCUT2D eigenvalue weighted by atomic mass is 32.1. The van der Waals surface area contributed by atoms with Crippen molar-refractivity contribution in [1.29, 1.82) is 0 Å². The monoisotopic (exact) mass is 340 g/mol. The molecular weight excluding hydrogens is 316 g/mol. The molecule has 0 aliphatic heterocycles. The minimum Gasteiger partial charge on any atom is -0.480 e. The van der Waals surface area contributed by atoms with E-state index in [4.69, 9.17) is 5.11 Å². The van der Waals surface area contributed by atoms with Crippen LogP contribution >= 0.6 is 11.3 Å². The molecule has 1 heterocycles. The van der Waals surface area contributed by atoms with Crippen molar-refractivity contribution in [2.45, 2.75) is 54.0 Å². The summed E-state index contributed by atoms with van der Waals surface area (Å²) in [6.07, 6.45) is 0.285. The van der Waals surface area contributed by atoms with E-state index in [0.717, 1.165) is 10.4 Å². The number of carboxylic acids is 1. The first-order valence-electron chi connectivity index (χ1n) is 7.44. The van der Waals surface area contributed by atoms with Crippen LogP contribution in [-0.2, 0) is 9.59 Å². The number of carbonyl (C=O) groups excluding carboxylic acids is 2. The third kappa shape index (κ3) is 4.54. The highest BCUT2D eigenvalue weighted by molar-refractivity contribution is 7.16. The Hall–Kier alpha value is -1.89. The number of carboxylic acid groups (broad SMARTS) is 1. The lowest BCUT2D eigenvalue weighted by Gasteiger charge is -2.18. The first-order chi connectivity index (χ1) is 10.5. The number of aryl methyl sites for hydroxylation is 1. The molecule has 0 fully saturated rings. The summed E-state index contributed by atoms with van der Waals surface area (Å²) in [6, 6.07) is -0.951. The van der Waals surface area contributed by atoms with E-state index in [1.807, 2.05) is 6.92 Å². The lowest BCUT2D eigenvalue weighted by molar-refractivity contribution is -0.139. The summed E-state index contributed by atoms with van der Waals surface area (Å²) in [4.78, 5) is 36.7. The van der Waals surface area contributed by atoms with Crippen molar-refractivity contribution in [3.05, 3.63) is 16.0 Å². The first-order valence-corrected chi connectivity index (χ1v) is 8.25. The van der Waals surface area contributed by atoms with Crippen LogP contribution in [0.3, 0.4) is 0 Å². The Morgan fingerprint density at radius 2 is 1.78 bits per heavy atom. The number of hydrogen-bond donors (Lipinski definition) is 3. The van der Waals surface area contributed by atoms with E-state index in [2.05, 4.69) is 10.6 Å². The molecule has 0 aromatic carbocycles. The van der Waals surface area contributed by atoms with Crippen LogP contribution in [-0.4, -0.2) is 28.9 Å². The van der Waals surface area contributed by atoms with E-state index in [0.29, 0.717) is 10.6 Å². The molecule has 1 aromatic heterocycles. The van der Waals surface area contributed by atoms with Gasteiger partial charge in [-0.25, -0.2) is 4.79 Å². The summed E-state index contributed by atoms with van der Waals surface area (Å²) < 4.78 is 0. The molecule has 1 aromatic rings. The quantitative estimate of drug-likeness (QED) is 0.768. The number of amides is 2. The normalized spacial score (nSPS) is 12.6. The fourth-order valence-corrected chi connectivity index (χ4v) is 2.90. The van der Waals surface area contributed by atoms with Crippen LogP contribution in [0.4, 0.5) is 5.00 Å². The summed E-state index contributed by atoms with van der Waals surface area (Å²) in [5.74, 6) is -1.76. The molecule has 0 radical (unpaired) electrons. The maximum Gasteiger partial charge on any atom is 0.326 e. The SMILES string of the molecule is CCC(NC(=O)c1c(NC(=O)C(C)(C)C)sc(C)c1C)C(=O)O. The van der Waals surface area contributed by atoms with E-state index in [1.165, 1.54) is 11.3 Å². The highest BCUT2D eigenvalue weighted by Crippen LogP contribution is 2.33. The largest absolute Gasteiger partial charge is 0.480 e. The van der Waals surface area contributed by atoms with Gasteiger partial charge >= 0.3 is 5.97 Å². The smallest absolute Gasteiger partial charge is 0.326 e. The Labute approximate surface area is 140 Å². The molecule has 128 valence electrons. The topological polar surface area (TPSA) is 95.5 Å². The van der Waals surface area contributed by atoms with Gasteiger partial charge in [0.05, 0.1) is 5.56 Å². The molecule has 0 aliphatic rings. The van der Waals surface area contributed by atoms with Crippen LogP contribution < -0.4 is 10.6 Å². The van der Waals surface area contributed by atoms with Crippen molar-refractivity contribution in [3.8, 4) is 0 Å². The van der Waals surface area contributed by atoms with Gasteiger partial charge < -0.3 is 15.7 Å². The van der Waals surface area contributed by atoms with Crippen LogP contribution in [0.1, 0.15) is 54.9 Å². The average Bonchev–Trinajstić information content (AvgIpc) is 2.69. The van der Waals surface area contributed by atoms with Crippen LogP contribution in [0.15, 0.2) is 0 Å². The van der Waals surface area contributed by atoms with E-state index < -0.39 is 23.3 Å². The summed E-state index contributed by atoms with van der Waals surface area (Å²) in [6.45, 7) is 10.7.